The van der Waals surface area contributed by atoms with Crippen molar-refractivity contribution in [3.63, 3.8) is 0 Å². The van der Waals surface area contributed by atoms with Gasteiger partial charge < -0.3 is 24.3 Å². The minimum Gasteiger partial charge on any atom is -0.390 e. The van der Waals surface area contributed by atoms with E-state index in [0.717, 1.165) is 11.4 Å². The highest BCUT2D eigenvalue weighted by atomic mass is 28.4. The number of aryl methyl sites for hydroxylation is 1. The Kier molecular flexibility index (Phi) is 4.63. The van der Waals surface area contributed by atoms with E-state index in [1.165, 1.54) is 0 Å². The fourth-order valence-corrected chi connectivity index (χ4v) is 2.10. The lowest BCUT2D eigenvalue weighted by Gasteiger charge is -2.16. The molecule has 6 nitrogen and oxygen atoms in total. The number of aromatic amines is 1. The van der Waals surface area contributed by atoms with Crippen LogP contribution in [0.3, 0.4) is 0 Å². The molecule has 0 spiro atoms. The van der Waals surface area contributed by atoms with Crippen molar-refractivity contribution in [1.29, 1.82) is 0 Å². The van der Waals surface area contributed by atoms with Gasteiger partial charge in [0.1, 0.15) is 0 Å². The van der Waals surface area contributed by atoms with E-state index in [9.17, 15) is 0 Å². The quantitative estimate of drug-likeness (QED) is 0.505. The van der Waals surface area contributed by atoms with Crippen LogP contribution in [-0.4, -0.2) is 51.7 Å². The zero-order chi connectivity index (χ0) is 12.2. The third-order valence-corrected chi connectivity index (χ3v) is 3.43. The molecule has 1 aromatic rings. The predicted octanol–water partition coefficient (Wildman–Crippen LogP) is -0.544. The van der Waals surface area contributed by atoms with Gasteiger partial charge in [0.15, 0.2) is 0 Å². The predicted molar refractivity (Wildman–Crippen MR) is 61.5 cm³/mol. The largest absolute Gasteiger partial charge is 0.492 e. The van der Waals surface area contributed by atoms with Crippen molar-refractivity contribution in [2.75, 3.05) is 13.6 Å². The number of nitrogens with zero attached hydrogens (tertiary/aromatic N) is 2. The number of H-pyrrole nitrogens is 1. The standard InChI is InChI=1S/C9H19N3O3Si/c1-8-9(11-7-10-8)6-12(2)4-3-5-16(13,14)15/h7,13-15H,3-6H2,1-2H3,(H,10,11). The fourth-order valence-electron chi connectivity index (χ4n) is 1.47. The lowest BCUT2D eigenvalue weighted by molar-refractivity contribution is 0.221. The van der Waals surface area contributed by atoms with Crippen LogP contribution >= 0.6 is 0 Å². The smallest absolute Gasteiger partial charge is 0.390 e. The summed E-state index contributed by atoms with van der Waals surface area (Å²) in [6.45, 7) is 3.37. The van der Waals surface area contributed by atoms with Gasteiger partial charge in [-0.25, -0.2) is 4.98 Å². The molecule has 0 saturated heterocycles. The maximum Gasteiger partial charge on any atom is 0.492 e. The molecule has 1 rings (SSSR count). The van der Waals surface area contributed by atoms with Crippen molar-refractivity contribution in [3.05, 3.63) is 17.7 Å². The molecule has 0 aliphatic heterocycles. The Balaban J connectivity index is 2.26. The van der Waals surface area contributed by atoms with Crippen LogP contribution in [-0.2, 0) is 6.54 Å². The van der Waals surface area contributed by atoms with Gasteiger partial charge in [0.05, 0.1) is 12.0 Å². The van der Waals surface area contributed by atoms with E-state index in [2.05, 4.69) is 9.97 Å². The van der Waals surface area contributed by atoms with Crippen molar-refractivity contribution in [3.8, 4) is 0 Å². The van der Waals surface area contributed by atoms with Gasteiger partial charge in [0.2, 0.25) is 0 Å². The SMILES string of the molecule is Cc1[nH]cnc1CN(C)CCC[Si](O)(O)O. The molecule has 1 aromatic heterocycles. The van der Waals surface area contributed by atoms with Gasteiger partial charge in [-0.05, 0) is 26.9 Å². The highest BCUT2D eigenvalue weighted by Crippen LogP contribution is 2.07. The molecule has 0 fully saturated rings. The molecule has 0 unspecified atom stereocenters. The van der Waals surface area contributed by atoms with Gasteiger partial charge in [-0.2, -0.15) is 0 Å². The van der Waals surface area contributed by atoms with E-state index in [-0.39, 0.29) is 6.04 Å². The second kappa shape index (κ2) is 5.55. The normalized spacial score (nSPS) is 12.4. The molecule has 1 heterocycles. The molecule has 0 atom stereocenters. The second-order valence-electron chi connectivity index (χ2n) is 4.09. The summed E-state index contributed by atoms with van der Waals surface area (Å²) >= 11 is 0. The van der Waals surface area contributed by atoms with E-state index in [1.807, 2.05) is 18.9 Å². The number of aromatic nitrogens is 2. The molecule has 92 valence electrons. The summed E-state index contributed by atoms with van der Waals surface area (Å²) in [5.74, 6) is 0. The molecule has 4 N–H and O–H groups in total. The van der Waals surface area contributed by atoms with Crippen LogP contribution in [0, 0.1) is 6.92 Å². The van der Waals surface area contributed by atoms with Gasteiger partial charge in [-0.15, -0.1) is 0 Å². The third-order valence-electron chi connectivity index (χ3n) is 2.41. The summed E-state index contributed by atoms with van der Waals surface area (Å²) in [5, 5.41) is 0. The van der Waals surface area contributed by atoms with E-state index in [1.54, 1.807) is 6.33 Å². The number of nitrogens with one attached hydrogen (secondary N) is 1. The summed E-state index contributed by atoms with van der Waals surface area (Å²) in [4.78, 5) is 35.7. The molecule has 0 amide bonds. The molecular weight excluding hydrogens is 226 g/mol. The first-order chi connectivity index (χ1) is 7.38. The number of imidazole rings is 1. The number of rotatable bonds is 6. The summed E-state index contributed by atoms with van der Waals surface area (Å²) in [7, 11) is -1.93. The van der Waals surface area contributed by atoms with Crippen LogP contribution < -0.4 is 0 Å². The van der Waals surface area contributed by atoms with Gasteiger partial charge in [0.25, 0.3) is 0 Å². The maximum atomic E-state index is 8.85. The molecule has 0 bridgehead atoms. The first kappa shape index (κ1) is 13.3. The van der Waals surface area contributed by atoms with Crippen LogP contribution in [0.15, 0.2) is 6.33 Å². The summed E-state index contributed by atoms with van der Waals surface area (Å²) in [5.41, 5.74) is 2.03. The van der Waals surface area contributed by atoms with Crippen molar-refractivity contribution >= 4 is 8.80 Å². The minimum absolute atomic E-state index is 0.0802. The number of hydrogen-bond donors (Lipinski definition) is 4. The highest BCUT2D eigenvalue weighted by molar-refractivity contribution is 6.56. The van der Waals surface area contributed by atoms with Crippen molar-refractivity contribution in [1.82, 2.24) is 14.9 Å². The Morgan fingerprint density at radius 2 is 2.12 bits per heavy atom. The Hall–Kier alpha value is -0.733. The molecule has 16 heavy (non-hydrogen) atoms. The summed E-state index contributed by atoms with van der Waals surface area (Å²) in [6, 6.07) is 0.0802. The Bertz CT molecular complexity index is 324. The minimum atomic E-state index is -3.86. The molecule has 7 heteroatoms. The molecule has 0 aliphatic carbocycles. The first-order valence-electron chi connectivity index (χ1n) is 5.23. The summed E-state index contributed by atoms with van der Waals surface area (Å²) in [6.07, 6.45) is 2.22. The lowest BCUT2D eigenvalue weighted by Crippen LogP contribution is -2.35. The van der Waals surface area contributed by atoms with E-state index < -0.39 is 8.80 Å². The average molecular weight is 245 g/mol. The Morgan fingerprint density at radius 3 is 2.62 bits per heavy atom. The van der Waals surface area contributed by atoms with E-state index in [4.69, 9.17) is 14.4 Å². The molecule has 0 saturated carbocycles. The van der Waals surface area contributed by atoms with Crippen molar-refractivity contribution in [2.24, 2.45) is 0 Å². The molecule has 0 aromatic carbocycles. The fraction of sp³-hybridized carbons (Fsp3) is 0.667. The van der Waals surface area contributed by atoms with Crippen LogP contribution in [0.1, 0.15) is 17.8 Å². The van der Waals surface area contributed by atoms with Crippen LogP contribution in [0.25, 0.3) is 0 Å². The maximum absolute atomic E-state index is 8.85. The number of hydrogen-bond acceptors (Lipinski definition) is 5. The molecule has 0 aliphatic rings. The molecular formula is C9H19N3O3Si. The average Bonchev–Trinajstić information content (AvgIpc) is 2.49. The van der Waals surface area contributed by atoms with Gasteiger partial charge in [-0.3, -0.25) is 0 Å². The first-order valence-corrected chi connectivity index (χ1v) is 7.28. The monoisotopic (exact) mass is 245 g/mol. The van der Waals surface area contributed by atoms with Crippen LogP contribution in [0.4, 0.5) is 0 Å². The van der Waals surface area contributed by atoms with Gasteiger partial charge >= 0.3 is 8.80 Å². The van der Waals surface area contributed by atoms with Crippen LogP contribution in [0.5, 0.6) is 0 Å². The Labute approximate surface area is 95.9 Å². The second-order valence-corrected chi connectivity index (χ2v) is 6.14. The zero-order valence-corrected chi connectivity index (χ0v) is 10.6. The topological polar surface area (TPSA) is 92.6 Å². The van der Waals surface area contributed by atoms with Crippen LogP contribution in [0.2, 0.25) is 6.04 Å². The van der Waals surface area contributed by atoms with E-state index in [0.29, 0.717) is 19.5 Å². The zero-order valence-electron chi connectivity index (χ0n) is 9.64. The van der Waals surface area contributed by atoms with Crippen molar-refractivity contribution < 1.29 is 14.4 Å². The van der Waals surface area contributed by atoms with E-state index >= 15 is 0 Å². The lowest BCUT2D eigenvalue weighted by atomic mass is 10.3. The summed E-state index contributed by atoms with van der Waals surface area (Å²) < 4.78 is 0. The van der Waals surface area contributed by atoms with Gasteiger partial charge in [-0.1, -0.05) is 0 Å². The van der Waals surface area contributed by atoms with Crippen molar-refractivity contribution in [2.45, 2.75) is 25.9 Å². The molecule has 0 radical (unpaired) electrons. The third kappa shape index (κ3) is 4.86. The Morgan fingerprint density at radius 1 is 1.44 bits per heavy atom. The highest BCUT2D eigenvalue weighted by Gasteiger charge is 2.25. The van der Waals surface area contributed by atoms with Gasteiger partial charge in [0, 0.05) is 18.3 Å².